The number of hydrogen-bond acceptors (Lipinski definition) is 1. The van der Waals surface area contributed by atoms with E-state index in [1.807, 2.05) is 36.4 Å². The topological polar surface area (TPSA) is 20.2 Å². The number of alkyl halides is 1. The molecule has 0 aromatic heterocycles. The number of benzene rings is 2. The van der Waals surface area contributed by atoms with Gasteiger partial charge in [-0.1, -0.05) is 76.3 Å². The molecule has 0 amide bonds. The van der Waals surface area contributed by atoms with Gasteiger partial charge < -0.3 is 5.11 Å². The maximum absolute atomic E-state index is 11.1. The van der Waals surface area contributed by atoms with Gasteiger partial charge in [0.1, 0.15) is 5.60 Å². The van der Waals surface area contributed by atoms with Crippen LogP contribution in [0.3, 0.4) is 0 Å². The highest BCUT2D eigenvalue weighted by Crippen LogP contribution is 2.48. The highest BCUT2D eigenvalue weighted by Gasteiger charge is 2.40. The molecule has 0 atom stereocenters. The Hall–Kier alpha value is -1.56. The van der Waals surface area contributed by atoms with Gasteiger partial charge in [-0.2, -0.15) is 0 Å². The Labute approximate surface area is 121 Å². The van der Waals surface area contributed by atoms with E-state index in [0.29, 0.717) is 11.8 Å². The summed E-state index contributed by atoms with van der Waals surface area (Å²) in [6.07, 6.45) is 0.423. The molecular weight excluding hydrogens is 300 g/mol. The predicted octanol–water partition coefficient (Wildman–Crippen LogP) is 3.69. The Morgan fingerprint density at radius 2 is 1.42 bits per heavy atom. The third-order valence-electron chi connectivity index (χ3n) is 3.57. The molecule has 0 saturated carbocycles. The molecule has 0 radical (unpaired) electrons. The Kier molecular flexibility index (Phi) is 3.18. The monoisotopic (exact) mass is 312 g/mol. The highest BCUT2D eigenvalue weighted by molar-refractivity contribution is 9.09. The second-order valence-electron chi connectivity index (χ2n) is 4.62. The van der Waals surface area contributed by atoms with Crippen LogP contribution in [0, 0.1) is 11.8 Å². The van der Waals surface area contributed by atoms with Gasteiger partial charge in [0.2, 0.25) is 0 Å². The van der Waals surface area contributed by atoms with E-state index < -0.39 is 5.60 Å². The van der Waals surface area contributed by atoms with Gasteiger partial charge in [-0.3, -0.25) is 0 Å². The number of fused-ring (bicyclic) bond motifs is 3. The highest BCUT2D eigenvalue weighted by atomic mass is 79.9. The van der Waals surface area contributed by atoms with Crippen LogP contribution in [0.25, 0.3) is 11.1 Å². The van der Waals surface area contributed by atoms with Gasteiger partial charge in [0.25, 0.3) is 0 Å². The van der Waals surface area contributed by atoms with E-state index in [9.17, 15) is 5.11 Å². The fraction of sp³-hybridized carbons (Fsp3) is 0.176. The first kappa shape index (κ1) is 12.5. The lowest BCUT2D eigenvalue weighted by molar-refractivity contribution is 0.0914. The maximum Gasteiger partial charge on any atom is 0.127 e. The molecule has 3 rings (SSSR count). The SMILES string of the molecule is OC1(CC#CCBr)c2ccccc2-c2ccccc21. The van der Waals surface area contributed by atoms with Crippen molar-refractivity contribution >= 4 is 15.9 Å². The van der Waals surface area contributed by atoms with Gasteiger partial charge >= 0.3 is 0 Å². The van der Waals surface area contributed by atoms with Crippen LogP contribution in [0.4, 0.5) is 0 Å². The van der Waals surface area contributed by atoms with E-state index in [1.165, 1.54) is 0 Å². The van der Waals surface area contributed by atoms with Gasteiger partial charge in [0.15, 0.2) is 0 Å². The second-order valence-corrected chi connectivity index (χ2v) is 5.18. The molecule has 1 N–H and O–H groups in total. The van der Waals surface area contributed by atoms with E-state index >= 15 is 0 Å². The molecule has 0 saturated heterocycles. The van der Waals surface area contributed by atoms with Gasteiger partial charge in [-0.05, 0) is 22.3 Å². The van der Waals surface area contributed by atoms with Crippen LogP contribution in [0.1, 0.15) is 17.5 Å². The van der Waals surface area contributed by atoms with Crippen LogP contribution in [0.15, 0.2) is 48.5 Å². The third kappa shape index (κ3) is 1.90. The van der Waals surface area contributed by atoms with Crippen LogP contribution in [0.5, 0.6) is 0 Å². The van der Waals surface area contributed by atoms with E-state index in [0.717, 1.165) is 22.3 Å². The lowest BCUT2D eigenvalue weighted by Crippen LogP contribution is -2.23. The lowest BCUT2D eigenvalue weighted by atomic mass is 9.88. The average Bonchev–Trinajstić information content (AvgIpc) is 2.71. The van der Waals surface area contributed by atoms with Crippen LogP contribution < -0.4 is 0 Å². The zero-order valence-corrected chi connectivity index (χ0v) is 11.9. The molecule has 1 aliphatic carbocycles. The van der Waals surface area contributed by atoms with Crippen molar-refractivity contribution in [3.63, 3.8) is 0 Å². The molecule has 2 aromatic rings. The molecule has 0 spiro atoms. The Balaban J connectivity index is 2.19. The summed E-state index contributed by atoms with van der Waals surface area (Å²) < 4.78 is 0. The molecule has 19 heavy (non-hydrogen) atoms. The van der Waals surface area contributed by atoms with E-state index in [4.69, 9.17) is 0 Å². The Morgan fingerprint density at radius 3 is 1.95 bits per heavy atom. The van der Waals surface area contributed by atoms with Gasteiger partial charge in [-0.25, -0.2) is 0 Å². The Bertz CT molecular complexity index is 633. The van der Waals surface area contributed by atoms with Crippen molar-refractivity contribution in [2.45, 2.75) is 12.0 Å². The first-order valence-electron chi connectivity index (χ1n) is 6.21. The van der Waals surface area contributed by atoms with E-state index in [1.54, 1.807) is 0 Å². The third-order valence-corrected chi connectivity index (χ3v) is 3.85. The van der Waals surface area contributed by atoms with E-state index in [2.05, 4.69) is 39.9 Å². The molecule has 0 fully saturated rings. The summed E-state index contributed by atoms with van der Waals surface area (Å²) in [6, 6.07) is 16.0. The largest absolute Gasteiger partial charge is 0.379 e. The van der Waals surface area contributed by atoms with Crippen molar-refractivity contribution in [2.75, 3.05) is 5.33 Å². The second kappa shape index (κ2) is 4.85. The maximum atomic E-state index is 11.1. The fourth-order valence-electron chi connectivity index (χ4n) is 2.73. The normalized spacial score (nSPS) is 14.2. The lowest BCUT2D eigenvalue weighted by Gasteiger charge is -2.23. The molecule has 2 heteroatoms. The predicted molar refractivity (Wildman–Crippen MR) is 81.1 cm³/mol. The van der Waals surface area contributed by atoms with Gasteiger partial charge in [-0.15, -0.1) is 0 Å². The average molecular weight is 313 g/mol. The van der Waals surface area contributed by atoms with Crippen LogP contribution >= 0.6 is 15.9 Å². The molecule has 0 heterocycles. The van der Waals surface area contributed by atoms with Crippen LogP contribution in [0.2, 0.25) is 0 Å². The van der Waals surface area contributed by atoms with Crippen molar-refractivity contribution in [1.82, 2.24) is 0 Å². The molecular formula is C17H13BrO. The summed E-state index contributed by atoms with van der Waals surface area (Å²) in [6.45, 7) is 0. The standard InChI is InChI=1S/C17H13BrO/c18-12-6-5-11-17(19)15-9-3-1-7-13(15)14-8-2-4-10-16(14)17/h1-4,7-10,19H,11-12H2. The number of aliphatic hydroxyl groups is 1. The van der Waals surface area contributed by atoms with Crippen molar-refractivity contribution < 1.29 is 5.11 Å². The molecule has 0 unspecified atom stereocenters. The minimum Gasteiger partial charge on any atom is -0.379 e. The quantitative estimate of drug-likeness (QED) is 0.629. The van der Waals surface area contributed by atoms with Crippen molar-refractivity contribution in [3.8, 4) is 23.0 Å². The van der Waals surface area contributed by atoms with E-state index in [-0.39, 0.29) is 0 Å². The minimum absolute atomic E-state index is 0.423. The summed E-state index contributed by atoms with van der Waals surface area (Å²) >= 11 is 3.28. The number of halogens is 1. The molecule has 0 aliphatic heterocycles. The minimum atomic E-state index is -0.984. The molecule has 1 aliphatic rings. The van der Waals surface area contributed by atoms with Crippen molar-refractivity contribution in [2.24, 2.45) is 0 Å². The zero-order chi connectivity index (χ0) is 13.3. The van der Waals surface area contributed by atoms with Crippen LogP contribution in [-0.2, 0) is 5.60 Å². The Morgan fingerprint density at radius 1 is 0.895 bits per heavy atom. The van der Waals surface area contributed by atoms with Crippen LogP contribution in [-0.4, -0.2) is 10.4 Å². The number of hydrogen-bond donors (Lipinski definition) is 1. The first-order valence-corrected chi connectivity index (χ1v) is 7.33. The number of rotatable bonds is 1. The fourth-order valence-corrected chi connectivity index (χ4v) is 2.93. The van der Waals surface area contributed by atoms with Gasteiger partial charge in [0, 0.05) is 6.42 Å². The molecule has 0 bridgehead atoms. The first-order chi connectivity index (χ1) is 9.27. The smallest absolute Gasteiger partial charge is 0.127 e. The van der Waals surface area contributed by atoms with Crippen molar-refractivity contribution in [3.05, 3.63) is 59.7 Å². The molecule has 2 aromatic carbocycles. The summed E-state index contributed by atoms with van der Waals surface area (Å²) in [5.41, 5.74) is 3.16. The van der Waals surface area contributed by atoms with Gasteiger partial charge in [0.05, 0.1) is 5.33 Å². The summed E-state index contributed by atoms with van der Waals surface area (Å²) in [5.74, 6) is 6.02. The summed E-state index contributed by atoms with van der Waals surface area (Å²) in [5, 5.41) is 11.7. The van der Waals surface area contributed by atoms with Crippen molar-refractivity contribution in [1.29, 1.82) is 0 Å². The molecule has 1 nitrogen and oxygen atoms in total. The summed E-state index contributed by atoms with van der Waals surface area (Å²) in [4.78, 5) is 0. The zero-order valence-electron chi connectivity index (χ0n) is 10.4. The molecule has 94 valence electrons. The summed E-state index contributed by atoms with van der Waals surface area (Å²) in [7, 11) is 0.